The number of hydrogen-bond donors (Lipinski definition) is 1. The van der Waals surface area contributed by atoms with E-state index in [0.29, 0.717) is 5.02 Å². The Morgan fingerprint density at radius 1 is 1.10 bits per heavy atom. The van der Waals surface area contributed by atoms with Crippen molar-refractivity contribution in [2.75, 3.05) is 11.1 Å². The molecule has 0 radical (unpaired) electrons. The molecular weight excluding hydrogens is 430 g/mol. The van der Waals surface area contributed by atoms with Crippen molar-refractivity contribution in [3.05, 3.63) is 82.9 Å². The third-order valence-electron chi connectivity index (χ3n) is 4.99. The Bertz CT molecular complexity index is 1230. The zero-order valence-electron chi connectivity index (χ0n) is 17.5. The third-order valence-corrected chi connectivity index (χ3v) is 6.37. The van der Waals surface area contributed by atoms with E-state index in [1.165, 1.54) is 11.8 Å². The number of imidazole rings is 1. The summed E-state index contributed by atoms with van der Waals surface area (Å²) < 4.78 is 3.79. The monoisotopic (exact) mass is 451 g/mol. The standard InChI is InChI=1S/C23H22ClN5OS/c1-15-19(24)10-7-11-20(15)28-13-12-25-23(28)31-14-21(30)26-22-16(2)27-29(17(22)3)18-8-5-4-6-9-18/h4-13H,14H2,1-3H3,(H,26,30). The number of anilines is 1. The van der Waals surface area contributed by atoms with Gasteiger partial charge in [0.1, 0.15) is 0 Å². The van der Waals surface area contributed by atoms with Crippen LogP contribution >= 0.6 is 23.4 Å². The first-order valence-electron chi connectivity index (χ1n) is 9.79. The average Bonchev–Trinajstić information content (AvgIpc) is 3.34. The summed E-state index contributed by atoms with van der Waals surface area (Å²) >= 11 is 7.64. The Labute approximate surface area is 190 Å². The number of amides is 1. The molecule has 0 aliphatic heterocycles. The van der Waals surface area contributed by atoms with Crippen LogP contribution in [0, 0.1) is 20.8 Å². The number of nitrogens with zero attached hydrogens (tertiary/aromatic N) is 4. The Morgan fingerprint density at radius 3 is 2.65 bits per heavy atom. The normalized spacial score (nSPS) is 11.0. The number of carbonyl (C=O) groups is 1. The predicted octanol–water partition coefficient (Wildman–Crippen LogP) is 5.37. The lowest BCUT2D eigenvalue weighted by atomic mass is 10.2. The van der Waals surface area contributed by atoms with Gasteiger partial charge in [-0.15, -0.1) is 0 Å². The van der Waals surface area contributed by atoms with Gasteiger partial charge in [0.15, 0.2) is 5.16 Å². The van der Waals surface area contributed by atoms with Crippen molar-refractivity contribution in [3.63, 3.8) is 0 Å². The van der Waals surface area contributed by atoms with Gasteiger partial charge in [0.25, 0.3) is 0 Å². The third kappa shape index (κ3) is 4.38. The molecule has 1 N–H and O–H groups in total. The zero-order chi connectivity index (χ0) is 22.0. The molecule has 2 aromatic heterocycles. The lowest BCUT2D eigenvalue weighted by Crippen LogP contribution is -2.15. The van der Waals surface area contributed by atoms with Crippen molar-refractivity contribution in [3.8, 4) is 11.4 Å². The molecule has 0 bridgehead atoms. The van der Waals surface area contributed by atoms with Gasteiger partial charge in [-0.05, 0) is 50.6 Å². The molecule has 0 saturated carbocycles. The smallest absolute Gasteiger partial charge is 0.234 e. The maximum absolute atomic E-state index is 12.7. The molecule has 1 amide bonds. The van der Waals surface area contributed by atoms with E-state index < -0.39 is 0 Å². The SMILES string of the molecule is Cc1nn(-c2ccccc2)c(C)c1NC(=O)CSc1nccn1-c1cccc(Cl)c1C. The van der Waals surface area contributed by atoms with Crippen molar-refractivity contribution in [1.29, 1.82) is 0 Å². The fourth-order valence-electron chi connectivity index (χ4n) is 3.39. The summed E-state index contributed by atoms with van der Waals surface area (Å²) in [7, 11) is 0. The Kier molecular flexibility index (Phi) is 6.15. The van der Waals surface area contributed by atoms with Crippen molar-refractivity contribution in [1.82, 2.24) is 19.3 Å². The van der Waals surface area contributed by atoms with Crippen LogP contribution in [-0.4, -0.2) is 31.0 Å². The van der Waals surface area contributed by atoms with Crippen LogP contribution in [0.5, 0.6) is 0 Å². The molecule has 0 saturated heterocycles. The van der Waals surface area contributed by atoms with Crippen LogP contribution in [0.4, 0.5) is 5.69 Å². The zero-order valence-corrected chi connectivity index (χ0v) is 19.0. The van der Waals surface area contributed by atoms with Crippen LogP contribution in [0.3, 0.4) is 0 Å². The minimum atomic E-state index is -0.110. The molecule has 4 rings (SSSR count). The molecule has 8 heteroatoms. The Morgan fingerprint density at radius 2 is 1.87 bits per heavy atom. The van der Waals surface area contributed by atoms with Crippen LogP contribution in [0.2, 0.25) is 5.02 Å². The molecule has 0 unspecified atom stereocenters. The average molecular weight is 452 g/mol. The first-order valence-corrected chi connectivity index (χ1v) is 11.1. The second kappa shape index (κ2) is 8.99. The van der Waals surface area contributed by atoms with Crippen LogP contribution in [0.1, 0.15) is 17.0 Å². The molecule has 2 aromatic carbocycles. The van der Waals surface area contributed by atoms with Gasteiger partial charge >= 0.3 is 0 Å². The number of carbonyl (C=O) groups excluding carboxylic acids is 1. The first-order chi connectivity index (χ1) is 15.0. The van der Waals surface area contributed by atoms with E-state index in [0.717, 1.165) is 39.2 Å². The van der Waals surface area contributed by atoms with Crippen LogP contribution < -0.4 is 5.32 Å². The van der Waals surface area contributed by atoms with E-state index in [-0.39, 0.29) is 11.7 Å². The Hall–Kier alpha value is -3.03. The maximum Gasteiger partial charge on any atom is 0.234 e. The summed E-state index contributed by atoms with van der Waals surface area (Å²) in [6.07, 6.45) is 3.59. The number of para-hydroxylation sites is 1. The first kappa shape index (κ1) is 21.2. The van der Waals surface area contributed by atoms with Crippen molar-refractivity contribution in [2.45, 2.75) is 25.9 Å². The quantitative estimate of drug-likeness (QED) is 0.400. The van der Waals surface area contributed by atoms with Gasteiger partial charge in [0.2, 0.25) is 5.91 Å². The van der Waals surface area contributed by atoms with E-state index in [9.17, 15) is 4.79 Å². The van der Waals surface area contributed by atoms with E-state index in [4.69, 9.17) is 11.6 Å². The second-order valence-electron chi connectivity index (χ2n) is 7.09. The highest BCUT2D eigenvalue weighted by Crippen LogP contribution is 2.27. The van der Waals surface area contributed by atoms with Crippen LogP contribution in [-0.2, 0) is 4.79 Å². The Balaban J connectivity index is 1.48. The van der Waals surface area contributed by atoms with Crippen LogP contribution in [0.15, 0.2) is 66.1 Å². The van der Waals surface area contributed by atoms with Crippen molar-refractivity contribution in [2.24, 2.45) is 0 Å². The summed E-state index contributed by atoms with van der Waals surface area (Å²) in [4.78, 5) is 17.1. The molecule has 0 fully saturated rings. The molecule has 0 aliphatic rings. The topological polar surface area (TPSA) is 64.7 Å². The summed E-state index contributed by atoms with van der Waals surface area (Å²) in [6, 6.07) is 15.6. The summed E-state index contributed by atoms with van der Waals surface area (Å²) in [6.45, 7) is 5.81. The van der Waals surface area contributed by atoms with E-state index in [1.54, 1.807) is 6.20 Å². The van der Waals surface area contributed by atoms with Crippen LogP contribution in [0.25, 0.3) is 11.4 Å². The molecule has 2 heterocycles. The minimum absolute atomic E-state index is 0.110. The summed E-state index contributed by atoms with van der Waals surface area (Å²) in [5.74, 6) is 0.118. The molecule has 0 aliphatic carbocycles. The van der Waals surface area contributed by atoms with Gasteiger partial charge in [0.05, 0.1) is 34.2 Å². The van der Waals surface area contributed by atoms with Gasteiger partial charge in [-0.2, -0.15) is 5.10 Å². The number of thioether (sulfide) groups is 1. The fourth-order valence-corrected chi connectivity index (χ4v) is 4.32. The van der Waals surface area contributed by atoms with E-state index in [1.807, 2.05) is 84.7 Å². The van der Waals surface area contributed by atoms with Gasteiger partial charge in [-0.25, -0.2) is 9.67 Å². The number of rotatable bonds is 6. The van der Waals surface area contributed by atoms with E-state index >= 15 is 0 Å². The van der Waals surface area contributed by atoms with Gasteiger partial charge in [0, 0.05) is 17.4 Å². The molecule has 0 spiro atoms. The summed E-state index contributed by atoms with van der Waals surface area (Å²) in [5, 5.41) is 9.02. The number of aryl methyl sites for hydroxylation is 1. The number of hydrogen-bond acceptors (Lipinski definition) is 4. The molecular formula is C23H22ClN5OS. The van der Waals surface area contributed by atoms with Gasteiger partial charge in [-0.1, -0.05) is 47.6 Å². The van der Waals surface area contributed by atoms with Gasteiger partial charge < -0.3 is 5.32 Å². The highest BCUT2D eigenvalue weighted by molar-refractivity contribution is 7.99. The highest BCUT2D eigenvalue weighted by Gasteiger charge is 2.17. The van der Waals surface area contributed by atoms with E-state index in [2.05, 4.69) is 15.4 Å². The second-order valence-corrected chi connectivity index (χ2v) is 8.44. The predicted molar refractivity (Wildman–Crippen MR) is 126 cm³/mol. The fraction of sp³-hybridized carbons (Fsp3) is 0.174. The van der Waals surface area contributed by atoms with Gasteiger partial charge in [-0.3, -0.25) is 9.36 Å². The number of nitrogens with one attached hydrogen (secondary N) is 1. The number of halogens is 1. The number of aromatic nitrogens is 4. The molecule has 0 atom stereocenters. The minimum Gasteiger partial charge on any atom is -0.322 e. The highest BCUT2D eigenvalue weighted by atomic mass is 35.5. The van der Waals surface area contributed by atoms with Crippen molar-refractivity contribution < 1.29 is 4.79 Å². The lowest BCUT2D eigenvalue weighted by molar-refractivity contribution is -0.113. The summed E-state index contributed by atoms with van der Waals surface area (Å²) in [5.41, 5.74) is 5.27. The number of benzene rings is 2. The molecule has 31 heavy (non-hydrogen) atoms. The molecule has 6 nitrogen and oxygen atoms in total. The maximum atomic E-state index is 12.7. The largest absolute Gasteiger partial charge is 0.322 e. The molecule has 158 valence electrons. The lowest BCUT2D eigenvalue weighted by Gasteiger charge is -2.11. The van der Waals surface area contributed by atoms with Crippen molar-refractivity contribution >= 4 is 35.0 Å². The molecule has 4 aromatic rings.